The first kappa shape index (κ1) is 13.0. The number of carboxylic acid groups (broad SMARTS) is 1. The summed E-state index contributed by atoms with van der Waals surface area (Å²) in [5.74, 6) is -0.749. The fraction of sp³-hybridized carbons (Fsp3) is 0.818. The molecule has 5 heteroatoms. The highest BCUT2D eigenvalue weighted by molar-refractivity contribution is 5.77. The minimum absolute atomic E-state index is 0.0784. The van der Waals surface area contributed by atoms with Gasteiger partial charge in [-0.2, -0.15) is 0 Å². The van der Waals surface area contributed by atoms with E-state index in [0.717, 1.165) is 19.6 Å². The molecule has 1 aliphatic heterocycles. The number of carboxylic acids is 1. The molecule has 1 unspecified atom stereocenters. The minimum atomic E-state index is -0.834. The van der Waals surface area contributed by atoms with Gasteiger partial charge in [0.2, 0.25) is 5.91 Å². The smallest absolute Gasteiger partial charge is 0.303 e. The van der Waals surface area contributed by atoms with Crippen LogP contribution in [0.15, 0.2) is 0 Å². The fourth-order valence-corrected chi connectivity index (χ4v) is 1.82. The zero-order valence-electron chi connectivity index (χ0n) is 9.98. The summed E-state index contributed by atoms with van der Waals surface area (Å²) in [6, 6.07) is 0.386. The quantitative estimate of drug-likeness (QED) is 0.757. The number of carbonyl (C=O) groups excluding carboxylic acids is 1. The monoisotopic (exact) mass is 228 g/mol. The topological polar surface area (TPSA) is 60.9 Å². The molecule has 0 aliphatic carbocycles. The van der Waals surface area contributed by atoms with E-state index in [1.165, 1.54) is 0 Å². The minimum Gasteiger partial charge on any atom is -0.481 e. The number of nitrogens with zero attached hydrogens (tertiary/aromatic N) is 2. The van der Waals surface area contributed by atoms with Gasteiger partial charge in [-0.1, -0.05) is 0 Å². The fourth-order valence-electron chi connectivity index (χ4n) is 1.82. The Balaban J connectivity index is 2.29. The number of likely N-dealkylation sites (N-methyl/N-ethyl adjacent to an activating group) is 1. The predicted molar refractivity (Wildman–Crippen MR) is 60.2 cm³/mol. The van der Waals surface area contributed by atoms with Crippen LogP contribution in [-0.2, 0) is 9.59 Å². The summed E-state index contributed by atoms with van der Waals surface area (Å²) in [5, 5.41) is 8.48. The SMILES string of the molecule is CC1CN(C(=O)CCCC(=O)O)CCN1C. The Morgan fingerprint density at radius 1 is 1.31 bits per heavy atom. The van der Waals surface area contributed by atoms with Gasteiger partial charge in [0.1, 0.15) is 0 Å². The van der Waals surface area contributed by atoms with Crippen LogP contribution in [0.4, 0.5) is 0 Å². The zero-order chi connectivity index (χ0) is 12.1. The van der Waals surface area contributed by atoms with Crippen molar-refractivity contribution in [1.82, 2.24) is 9.80 Å². The number of rotatable bonds is 4. The van der Waals surface area contributed by atoms with Crippen molar-refractivity contribution in [2.24, 2.45) is 0 Å². The molecule has 0 radical (unpaired) electrons. The van der Waals surface area contributed by atoms with Gasteiger partial charge < -0.3 is 14.9 Å². The first-order valence-corrected chi connectivity index (χ1v) is 5.70. The molecular formula is C11H20N2O3. The summed E-state index contributed by atoms with van der Waals surface area (Å²) in [7, 11) is 2.05. The van der Waals surface area contributed by atoms with Gasteiger partial charge in [0, 0.05) is 38.5 Å². The Kier molecular flexibility index (Phi) is 4.73. The molecule has 0 spiro atoms. The molecule has 5 nitrogen and oxygen atoms in total. The van der Waals surface area contributed by atoms with Gasteiger partial charge >= 0.3 is 5.97 Å². The predicted octanol–water partition coefficient (Wildman–Crippen LogP) is 0.404. The van der Waals surface area contributed by atoms with E-state index >= 15 is 0 Å². The number of carbonyl (C=O) groups is 2. The van der Waals surface area contributed by atoms with Crippen molar-refractivity contribution in [3.63, 3.8) is 0 Å². The molecule has 1 heterocycles. The largest absolute Gasteiger partial charge is 0.481 e. The third-order valence-electron chi connectivity index (χ3n) is 3.09. The second kappa shape index (κ2) is 5.84. The molecule has 1 aliphatic rings. The number of aliphatic carboxylic acids is 1. The van der Waals surface area contributed by atoms with Crippen molar-refractivity contribution in [3.05, 3.63) is 0 Å². The van der Waals surface area contributed by atoms with Gasteiger partial charge in [-0.3, -0.25) is 9.59 Å². The van der Waals surface area contributed by atoms with Gasteiger partial charge in [0.05, 0.1) is 0 Å². The van der Waals surface area contributed by atoms with Crippen LogP contribution >= 0.6 is 0 Å². The highest BCUT2D eigenvalue weighted by Crippen LogP contribution is 2.09. The van der Waals surface area contributed by atoms with Crippen LogP contribution in [0, 0.1) is 0 Å². The number of amides is 1. The van der Waals surface area contributed by atoms with Crippen LogP contribution in [0.5, 0.6) is 0 Å². The molecule has 92 valence electrons. The average molecular weight is 228 g/mol. The molecule has 1 fully saturated rings. The molecule has 0 aromatic rings. The molecule has 0 bridgehead atoms. The molecule has 0 aromatic carbocycles. The van der Waals surface area contributed by atoms with Crippen LogP contribution in [0.25, 0.3) is 0 Å². The molecule has 16 heavy (non-hydrogen) atoms. The second-order valence-corrected chi connectivity index (χ2v) is 4.42. The van der Waals surface area contributed by atoms with E-state index in [2.05, 4.69) is 18.9 Å². The standard InChI is InChI=1S/C11H20N2O3/c1-9-8-13(7-6-12(9)2)10(14)4-3-5-11(15)16/h9H,3-8H2,1-2H3,(H,15,16). The van der Waals surface area contributed by atoms with E-state index in [-0.39, 0.29) is 12.3 Å². The van der Waals surface area contributed by atoms with Crippen molar-refractivity contribution in [3.8, 4) is 0 Å². The normalized spacial score (nSPS) is 22.1. The first-order valence-electron chi connectivity index (χ1n) is 5.70. The summed E-state index contributed by atoms with van der Waals surface area (Å²) in [6.07, 6.45) is 0.868. The van der Waals surface area contributed by atoms with E-state index in [4.69, 9.17) is 5.11 Å². The maximum Gasteiger partial charge on any atom is 0.303 e. The van der Waals surface area contributed by atoms with Gasteiger partial charge in [0.25, 0.3) is 0 Å². The molecule has 1 amide bonds. The molecule has 0 aromatic heterocycles. The molecule has 1 saturated heterocycles. The van der Waals surface area contributed by atoms with Gasteiger partial charge in [-0.25, -0.2) is 0 Å². The van der Waals surface area contributed by atoms with Gasteiger partial charge in [-0.05, 0) is 20.4 Å². The van der Waals surface area contributed by atoms with Gasteiger partial charge in [0.15, 0.2) is 0 Å². The third-order valence-corrected chi connectivity index (χ3v) is 3.09. The van der Waals surface area contributed by atoms with Crippen molar-refractivity contribution >= 4 is 11.9 Å². The highest BCUT2D eigenvalue weighted by atomic mass is 16.4. The summed E-state index contributed by atoms with van der Waals surface area (Å²) in [5.41, 5.74) is 0. The lowest BCUT2D eigenvalue weighted by Crippen LogP contribution is -2.51. The van der Waals surface area contributed by atoms with Crippen LogP contribution < -0.4 is 0 Å². The maximum atomic E-state index is 11.7. The lowest BCUT2D eigenvalue weighted by atomic mass is 10.1. The second-order valence-electron chi connectivity index (χ2n) is 4.42. The number of piperazine rings is 1. The summed E-state index contributed by atoms with van der Waals surface area (Å²) < 4.78 is 0. The molecule has 0 saturated carbocycles. The lowest BCUT2D eigenvalue weighted by Gasteiger charge is -2.37. The lowest BCUT2D eigenvalue weighted by molar-refractivity contribution is -0.137. The number of hydrogen-bond donors (Lipinski definition) is 1. The Bertz CT molecular complexity index is 268. The van der Waals surface area contributed by atoms with E-state index in [0.29, 0.717) is 18.9 Å². The Morgan fingerprint density at radius 3 is 2.56 bits per heavy atom. The summed E-state index contributed by atoms with van der Waals surface area (Å²) >= 11 is 0. The zero-order valence-corrected chi connectivity index (χ0v) is 9.98. The Morgan fingerprint density at radius 2 is 2.00 bits per heavy atom. The Labute approximate surface area is 96.0 Å². The van der Waals surface area contributed by atoms with Crippen molar-refractivity contribution in [2.75, 3.05) is 26.7 Å². The van der Waals surface area contributed by atoms with Crippen LogP contribution in [0.1, 0.15) is 26.2 Å². The van der Waals surface area contributed by atoms with E-state index < -0.39 is 5.97 Å². The van der Waals surface area contributed by atoms with E-state index in [1.54, 1.807) is 0 Å². The average Bonchev–Trinajstić information content (AvgIpc) is 2.21. The van der Waals surface area contributed by atoms with E-state index in [9.17, 15) is 9.59 Å². The highest BCUT2D eigenvalue weighted by Gasteiger charge is 2.23. The maximum absolute atomic E-state index is 11.7. The van der Waals surface area contributed by atoms with Crippen LogP contribution in [-0.4, -0.2) is 59.5 Å². The molecule has 1 atom stereocenters. The molecular weight excluding hydrogens is 208 g/mol. The summed E-state index contributed by atoms with van der Waals surface area (Å²) in [4.78, 5) is 26.1. The molecule has 1 rings (SSSR count). The first-order chi connectivity index (χ1) is 7.50. The summed E-state index contributed by atoms with van der Waals surface area (Å²) in [6.45, 7) is 4.50. The third kappa shape index (κ3) is 3.81. The van der Waals surface area contributed by atoms with Crippen molar-refractivity contribution in [1.29, 1.82) is 0 Å². The van der Waals surface area contributed by atoms with Gasteiger partial charge in [-0.15, -0.1) is 0 Å². The van der Waals surface area contributed by atoms with Crippen LogP contribution in [0.3, 0.4) is 0 Å². The number of hydrogen-bond acceptors (Lipinski definition) is 3. The molecule has 1 N–H and O–H groups in total. The van der Waals surface area contributed by atoms with Crippen LogP contribution in [0.2, 0.25) is 0 Å². The van der Waals surface area contributed by atoms with Crippen molar-refractivity contribution < 1.29 is 14.7 Å². The van der Waals surface area contributed by atoms with Crippen molar-refractivity contribution in [2.45, 2.75) is 32.2 Å². The Hall–Kier alpha value is -1.10. The van der Waals surface area contributed by atoms with E-state index in [1.807, 2.05) is 4.90 Å².